The van der Waals surface area contributed by atoms with Crippen LogP contribution in [0.1, 0.15) is 6.42 Å². The maximum absolute atomic E-state index is 11.9. The molecule has 0 amide bonds. The minimum Gasteiger partial charge on any atom is -0.211 e. The summed E-state index contributed by atoms with van der Waals surface area (Å²) in [6, 6.07) is 4.25. The first kappa shape index (κ1) is 15.1. The molecule has 0 saturated heterocycles. The lowest BCUT2D eigenvalue weighted by molar-refractivity contribution is 0.581. The molecule has 0 saturated carbocycles. The second-order valence-corrected chi connectivity index (χ2v) is 6.97. The predicted molar refractivity (Wildman–Crippen MR) is 74.6 cm³/mol. The molecule has 0 heterocycles. The zero-order valence-corrected chi connectivity index (χ0v) is 12.4. The molecule has 0 radical (unpaired) electrons. The van der Waals surface area contributed by atoms with Crippen LogP contribution < -0.4 is 4.72 Å². The van der Waals surface area contributed by atoms with Crippen molar-refractivity contribution in [2.75, 3.05) is 18.6 Å². The lowest BCUT2D eigenvalue weighted by Crippen LogP contribution is -2.25. The van der Waals surface area contributed by atoms with Crippen molar-refractivity contribution in [2.24, 2.45) is 0 Å². The highest BCUT2D eigenvalue weighted by atomic mass is 35.5. The number of hydrogen-bond acceptors (Lipinski definition) is 3. The Morgan fingerprint density at radius 2 is 1.82 bits per heavy atom. The average molecular weight is 314 g/mol. The van der Waals surface area contributed by atoms with Crippen LogP contribution in [0.2, 0.25) is 10.0 Å². The Kier molecular flexibility index (Phi) is 6.09. The minimum absolute atomic E-state index is 0.0964. The van der Waals surface area contributed by atoms with Crippen LogP contribution >= 0.6 is 35.0 Å². The maximum atomic E-state index is 11.9. The zero-order chi connectivity index (χ0) is 12.9. The van der Waals surface area contributed by atoms with E-state index in [1.54, 1.807) is 11.8 Å². The second kappa shape index (κ2) is 6.85. The number of nitrogens with one attached hydrogen (secondary N) is 1. The summed E-state index contributed by atoms with van der Waals surface area (Å²) < 4.78 is 26.2. The molecule has 0 aliphatic carbocycles. The Bertz CT molecular complexity index is 457. The van der Waals surface area contributed by atoms with Gasteiger partial charge in [-0.2, -0.15) is 11.8 Å². The van der Waals surface area contributed by atoms with Gasteiger partial charge in [-0.15, -0.1) is 0 Å². The summed E-state index contributed by atoms with van der Waals surface area (Å²) in [5, 5.41) is 0.615. The van der Waals surface area contributed by atoms with Crippen molar-refractivity contribution in [3.8, 4) is 0 Å². The fourth-order valence-electron chi connectivity index (χ4n) is 1.19. The van der Waals surface area contributed by atoms with E-state index in [2.05, 4.69) is 4.72 Å². The van der Waals surface area contributed by atoms with Crippen molar-refractivity contribution in [1.82, 2.24) is 4.72 Å². The smallest absolute Gasteiger partial charge is 0.211 e. The summed E-state index contributed by atoms with van der Waals surface area (Å²) in [5.74, 6) is 0.915. The Morgan fingerprint density at radius 3 is 2.35 bits per heavy atom. The van der Waals surface area contributed by atoms with Gasteiger partial charge in [0.2, 0.25) is 10.0 Å². The third kappa shape index (κ3) is 5.06. The quantitative estimate of drug-likeness (QED) is 0.821. The van der Waals surface area contributed by atoms with Gasteiger partial charge in [-0.3, -0.25) is 0 Å². The van der Waals surface area contributed by atoms with Crippen molar-refractivity contribution in [3.63, 3.8) is 0 Å². The summed E-state index contributed by atoms with van der Waals surface area (Å²) in [5.41, 5.74) is 0. The predicted octanol–water partition coefficient (Wildman–Crippen LogP) is 3.02. The Labute approximate surface area is 116 Å². The molecular formula is C10H13Cl2NO2S2. The van der Waals surface area contributed by atoms with Gasteiger partial charge >= 0.3 is 0 Å². The largest absolute Gasteiger partial charge is 0.240 e. The molecular weight excluding hydrogens is 301 g/mol. The highest BCUT2D eigenvalue weighted by Crippen LogP contribution is 2.22. The molecule has 1 aromatic carbocycles. The second-order valence-electron chi connectivity index (χ2n) is 3.35. The van der Waals surface area contributed by atoms with Crippen LogP contribution in [0, 0.1) is 0 Å². The number of benzene rings is 1. The molecule has 96 valence electrons. The molecule has 1 N–H and O–H groups in total. The topological polar surface area (TPSA) is 46.2 Å². The molecule has 0 unspecified atom stereocenters. The minimum atomic E-state index is -3.51. The van der Waals surface area contributed by atoms with Gasteiger partial charge in [-0.05, 0) is 36.6 Å². The molecule has 0 fully saturated rings. The molecule has 1 aromatic rings. The van der Waals surface area contributed by atoms with Gasteiger partial charge in [0.1, 0.15) is 0 Å². The summed E-state index contributed by atoms with van der Waals surface area (Å²) in [6.07, 6.45) is 2.76. The summed E-state index contributed by atoms with van der Waals surface area (Å²) in [6.45, 7) is 0.410. The molecule has 0 atom stereocenters. The van der Waals surface area contributed by atoms with E-state index in [0.717, 1.165) is 12.2 Å². The normalized spacial score (nSPS) is 11.7. The fourth-order valence-corrected chi connectivity index (χ4v) is 3.42. The van der Waals surface area contributed by atoms with Gasteiger partial charge in [-0.1, -0.05) is 23.2 Å². The van der Waals surface area contributed by atoms with Crippen LogP contribution in [-0.2, 0) is 10.0 Å². The van der Waals surface area contributed by atoms with Crippen molar-refractivity contribution in [1.29, 1.82) is 0 Å². The lowest BCUT2D eigenvalue weighted by atomic mass is 10.4. The van der Waals surface area contributed by atoms with E-state index in [9.17, 15) is 8.42 Å². The van der Waals surface area contributed by atoms with Gasteiger partial charge in [0.15, 0.2) is 0 Å². The number of sulfonamides is 1. The molecule has 17 heavy (non-hydrogen) atoms. The van der Waals surface area contributed by atoms with Crippen molar-refractivity contribution < 1.29 is 8.42 Å². The van der Waals surface area contributed by atoms with Gasteiger partial charge < -0.3 is 0 Å². The fraction of sp³-hybridized carbons (Fsp3) is 0.400. The summed E-state index contributed by atoms with van der Waals surface area (Å²) in [7, 11) is -3.51. The van der Waals surface area contributed by atoms with Crippen LogP contribution in [-0.4, -0.2) is 27.0 Å². The maximum Gasteiger partial charge on any atom is 0.240 e. The van der Waals surface area contributed by atoms with E-state index < -0.39 is 10.0 Å². The summed E-state index contributed by atoms with van der Waals surface area (Å²) >= 11 is 13.2. The van der Waals surface area contributed by atoms with E-state index in [-0.39, 0.29) is 4.90 Å². The van der Waals surface area contributed by atoms with Crippen molar-refractivity contribution >= 4 is 45.0 Å². The number of rotatable bonds is 6. The SMILES string of the molecule is CSCCCNS(=O)(=O)c1cc(Cl)cc(Cl)c1. The van der Waals surface area contributed by atoms with Gasteiger partial charge in [0.05, 0.1) is 4.90 Å². The van der Waals surface area contributed by atoms with Crippen molar-refractivity contribution in [2.45, 2.75) is 11.3 Å². The van der Waals surface area contributed by atoms with Crippen LogP contribution in [0.5, 0.6) is 0 Å². The van der Waals surface area contributed by atoms with Crippen LogP contribution in [0.15, 0.2) is 23.1 Å². The third-order valence-electron chi connectivity index (χ3n) is 1.96. The first-order valence-corrected chi connectivity index (χ1v) is 8.54. The van der Waals surface area contributed by atoms with Crippen LogP contribution in [0.4, 0.5) is 0 Å². The molecule has 0 aliphatic rings. The zero-order valence-electron chi connectivity index (χ0n) is 9.24. The number of thioether (sulfide) groups is 1. The first-order chi connectivity index (χ1) is 7.95. The van der Waals surface area contributed by atoms with E-state index in [1.807, 2.05) is 6.26 Å². The molecule has 1 rings (SSSR count). The first-order valence-electron chi connectivity index (χ1n) is 4.90. The standard InChI is InChI=1S/C10H13Cl2NO2S2/c1-16-4-2-3-13-17(14,15)10-6-8(11)5-9(12)7-10/h5-7,13H,2-4H2,1H3. The molecule has 0 aromatic heterocycles. The lowest BCUT2D eigenvalue weighted by Gasteiger charge is -2.07. The summed E-state index contributed by atoms with van der Waals surface area (Å²) in [4.78, 5) is 0.0964. The number of hydrogen-bond donors (Lipinski definition) is 1. The monoisotopic (exact) mass is 313 g/mol. The van der Waals surface area contributed by atoms with Gasteiger partial charge in [-0.25, -0.2) is 13.1 Å². The van der Waals surface area contributed by atoms with Crippen molar-refractivity contribution in [3.05, 3.63) is 28.2 Å². The Balaban J connectivity index is 2.75. The average Bonchev–Trinajstić information content (AvgIpc) is 2.23. The highest BCUT2D eigenvalue weighted by molar-refractivity contribution is 7.98. The van der Waals surface area contributed by atoms with E-state index in [0.29, 0.717) is 16.6 Å². The van der Waals surface area contributed by atoms with Gasteiger partial charge in [0, 0.05) is 16.6 Å². The third-order valence-corrected chi connectivity index (χ3v) is 4.54. The van der Waals surface area contributed by atoms with Gasteiger partial charge in [0.25, 0.3) is 0 Å². The van der Waals surface area contributed by atoms with Crippen LogP contribution in [0.25, 0.3) is 0 Å². The molecule has 3 nitrogen and oxygen atoms in total. The molecule has 0 bridgehead atoms. The Hall–Kier alpha value is 0.0600. The number of halogens is 2. The van der Waals surface area contributed by atoms with Crippen LogP contribution in [0.3, 0.4) is 0 Å². The van der Waals surface area contributed by atoms with E-state index in [4.69, 9.17) is 23.2 Å². The molecule has 0 aliphatic heterocycles. The van der Waals surface area contributed by atoms with E-state index >= 15 is 0 Å². The molecule has 7 heteroatoms. The highest BCUT2D eigenvalue weighted by Gasteiger charge is 2.14. The van der Waals surface area contributed by atoms with E-state index in [1.165, 1.54) is 18.2 Å². The molecule has 0 spiro atoms. The Morgan fingerprint density at radius 1 is 1.24 bits per heavy atom.